The smallest absolute Gasteiger partial charge is 0.306 e. The third kappa shape index (κ3) is 3.62. The van der Waals surface area contributed by atoms with Crippen LogP contribution in [0.1, 0.15) is 18.7 Å². The van der Waals surface area contributed by atoms with E-state index in [0.29, 0.717) is 5.69 Å². The predicted octanol–water partition coefficient (Wildman–Crippen LogP) is 1.53. The molecule has 0 saturated carbocycles. The average Bonchev–Trinajstić information content (AvgIpc) is 2.72. The fourth-order valence-electron chi connectivity index (χ4n) is 3.28. The first-order valence-corrected chi connectivity index (χ1v) is 11.1. The number of hydrogen-bond donors (Lipinski definition) is 2. The standard InChI is InChI=1S/C19H15ClN4O6S/c1-9(12-5-3-4-8-21-12)24-19(27)13-15(18(26)23-24)22-14-10(16(13)25)6-7-11(20)17(14)30-31(2,28)29/h3-9H,1-2H3,(H,22,25)(H,23,26)/t9-/m0/s1. The van der Waals surface area contributed by atoms with Crippen LogP contribution in [0.4, 0.5) is 0 Å². The average molecular weight is 463 g/mol. The molecule has 1 atom stereocenters. The Bertz CT molecular complexity index is 1620. The Balaban J connectivity index is 2.08. The lowest BCUT2D eigenvalue weighted by Crippen LogP contribution is -2.36. The summed E-state index contributed by atoms with van der Waals surface area (Å²) in [5.74, 6) is -0.342. The molecule has 10 nitrogen and oxygen atoms in total. The second-order valence-corrected chi connectivity index (χ2v) is 8.82. The molecule has 12 heteroatoms. The number of H-pyrrole nitrogens is 2. The Morgan fingerprint density at radius 2 is 1.87 bits per heavy atom. The van der Waals surface area contributed by atoms with Crippen LogP contribution in [0.25, 0.3) is 21.8 Å². The van der Waals surface area contributed by atoms with Gasteiger partial charge in [-0.15, -0.1) is 0 Å². The number of nitrogens with zero attached hydrogens (tertiary/aromatic N) is 2. The van der Waals surface area contributed by atoms with E-state index in [9.17, 15) is 22.8 Å². The summed E-state index contributed by atoms with van der Waals surface area (Å²) < 4.78 is 29.2. The van der Waals surface area contributed by atoms with E-state index in [2.05, 4.69) is 15.1 Å². The van der Waals surface area contributed by atoms with Gasteiger partial charge in [0.05, 0.1) is 33.9 Å². The van der Waals surface area contributed by atoms with Gasteiger partial charge in [-0.2, -0.15) is 8.42 Å². The molecule has 0 fully saturated rings. The van der Waals surface area contributed by atoms with Crippen LogP contribution in [0.3, 0.4) is 0 Å². The molecule has 4 rings (SSSR count). The van der Waals surface area contributed by atoms with Crippen molar-refractivity contribution in [3.8, 4) is 5.75 Å². The summed E-state index contributed by atoms with van der Waals surface area (Å²) >= 11 is 6.05. The summed E-state index contributed by atoms with van der Waals surface area (Å²) in [4.78, 5) is 45.9. The van der Waals surface area contributed by atoms with E-state index in [0.717, 1.165) is 10.9 Å². The highest BCUT2D eigenvalue weighted by atomic mass is 35.5. The summed E-state index contributed by atoms with van der Waals surface area (Å²) in [6, 6.07) is 7.05. The van der Waals surface area contributed by atoms with Gasteiger partial charge in [-0.3, -0.25) is 24.5 Å². The van der Waals surface area contributed by atoms with Gasteiger partial charge in [-0.05, 0) is 31.2 Å². The Morgan fingerprint density at radius 1 is 1.13 bits per heavy atom. The summed E-state index contributed by atoms with van der Waals surface area (Å²) in [5, 5.41) is 1.90. The number of halogens is 1. The van der Waals surface area contributed by atoms with Crippen molar-refractivity contribution in [2.45, 2.75) is 13.0 Å². The minimum Gasteiger partial charge on any atom is -0.379 e. The Labute approximate surface area is 179 Å². The van der Waals surface area contributed by atoms with Crippen LogP contribution in [0.2, 0.25) is 5.02 Å². The van der Waals surface area contributed by atoms with Crippen molar-refractivity contribution in [1.82, 2.24) is 19.7 Å². The SMILES string of the molecule is C[C@@H](c1ccccn1)n1[nH]c(=O)c2[nH]c3c(OS(C)(=O)=O)c(Cl)ccc3c(=O)c2c1=O. The molecule has 160 valence electrons. The highest BCUT2D eigenvalue weighted by molar-refractivity contribution is 7.86. The minimum absolute atomic E-state index is 0.0599. The van der Waals surface area contributed by atoms with E-state index >= 15 is 0 Å². The van der Waals surface area contributed by atoms with Crippen molar-refractivity contribution >= 4 is 43.5 Å². The zero-order chi connectivity index (χ0) is 22.5. The van der Waals surface area contributed by atoms with Crippen LogP contribution in [-0.2, 0) is 10.1 Å². The molecule has 3 aromatic heterocycles. The van der Waals surface area contributed by atoms with Gasteiger partial charge in [-0.25, -0.2) is 4.68 Å². The molecule has 0 saturated heterocycles. The number of fused-ring (bicyclic) bond motifs is 2. The number of pyridine rings is 2. The molecule has 0 aliphatic carbocycles. The van der Waals surface area contributed by atoms with Gasteiger partial charge in [0.2, 0.25) is 5.43 Å². The maximum Gasteiger partial charge on any atom is 0.306 e. The van der Waals surface area contributed by atoms with Gasteiger partial charge in [0.25, 0.3) is 11.1 Å². The molecule has 31 heavy (non-hydrogen) atoms. The molecular formula is C19H15ClN4O6S. The Morgan fingerprint density at radius 3 is 2.52 bits per heavy atom. The molecule has 0 radical (unpaired) electrons. The van der Waals surface area contributed by atoms with E-state index in [1.807, 2.05) is 0 Å². The molecule has 0 aliphatic heterocycles. The van der Waals surface area contributed by atoms with Crippen molar-refractivity contribution in [2.24, 2.45) is 0 Å². The molecule has 1 aromatic carbocycles. The molecule has 0 aliphatic rings. The van der Waals surface area contributed by atoms with Gasteiger partial charge in [0.15, 0.2) is 5.75 Å². The van der Waals surface area contributed by atoms with Crippen LogP contribution in [0.15, 0.2) is 50.9 Å². The normalized spacial score (nSPS) is 12.9. The van der Waals surface area contributed by atoms with Crippen molar-refractivity contribution in [2.75, 3.05) is 6.26 Å². The Kier molecular flexibility index (Phi) is 4.94. The van der Waals surface area contributed by atoms with Gasteiger partial charge in [-0.1, -0.05) is 17.7 Å². The topological polar surface area (TPSA) is 144 Å². The summed E-state index contributed by atoms with van der Waals surface area (Å²) in [5.41, 5.74) is -2.20. The fraction of sp³-hybridized carbons (Fsp3) is 0.158. The van der Waals surface area contributed by atoms with Crippen LogP contribution < -0.4 is 20.7 Å². The molecule has 0 spiro atoms. The third-order valence-corrected chi connectivity index (χ3v) is 5.47. The fourth-order valence-corrected chi connectivity index (χ4v) is 4.00. The lowest BCUT2D eigenvalue weighted by molar-refractivity contribution is 0.495. The lowest BCUT2D eigenvalue weighted by atomic mass is 10.1. The number of aromatic nitrogens is 4. The number of nitrogens with one attached hydrogen (secondary N) is 2. The van der Waals surface area contributed by atoms with E-state index in [-0.39, 0.29) is 32.6 Å². The zero-order valence-corrected chi connectivity index (χ0v) is 17.7. The summed E-state index contributed by atoms with van der Waals surface area (Å²) in [6.45, 7) is 1.65. The second kappa shape index (κ2) is 7.36. The van der Waals surface area contributed by atoms with Crippen molar-refractivity contribution < 1.29 is 12.6 Å². The summed E-state index contributed by atoms with van der Waals surface area (Å²) in [7, 11) is -3.99. The maximum absolute atomic E-state index is 13.2. The van der Waals surface area contributed by atoms with Crippen molar-refractivity contribution in [3.05, 3.63) is 78.2 Å². The van der Waals surface area contributed by atoms with E-state index in [4.69, 9.17) is 15.8 Å². The third-order valence-electron chi connectivity index (χ3n) is 4.70. The molecule has 2 N–H and O–H groups in total. The monoisotopic (exact) mass is 462 g/mol. The second-order valence-electron chi connectivity index (χ2n) is 6.84. The first-order valence-electron chi connectivity index (χ1n) is 8.92. The molecule has 0 bridgehead atoms. The molecule has 0 unspecified atom stereocenters. The van der Waals surface area contributed by atoms with E-state index < -0.39 is 32.7 Å². The number of benzene rings is 1. The first-order chi connectivity index (χ1) is 14.6. The quantitative estimate of drug-likeness (QED) is 0.345. The first kappa shape index (κ1) is 20.8. The maximum atomic E-state index is 13.2. The van der Waals surface area contributed by atoms with Gasteiger partial charge in [0.1, 0.15) is 10.9 Å². The predicted molar refractivity (Wildman–Crippen MR) is 115 cm³/mol. The van der Waals surface area contributed by atoms with Crippen LogP contribution >= 0.6 is 11.6 Å². The highest BCUT2D eigenvalue weighted by Gasteiger charge is 2.22. The van der Waals surface area contributed by atoms with E-state index in [1.54, 1.807) is 31.3 Å². The summed E-state index contributed by atoms with van der Waals surface area (Å²) in [6.07, 6.45) is 2.36. The number of rotatable bonds is 4. The van der Waals surface area contributed by atoms with Gasteiger partial charge < -0.3 is 9.17 Å². The minimum atomic E-state index is -3.99. The molecule has 0 amide bonds. The van der Waals surface area contributed by atoms with E-state index in [1.165, 1.54) is 12.1 Å². The van der Waals surface area contributed by atoms with Crippen molar-refractivity contribution in [3.63, 3.8) is 0 Å². The highest BCUT2D eigenvalue weighted by Crippen LogP contribution is 2.32. The van der Waals surface area contributed by atoms with Crippen LogP contribution in [-0.4, -0.2) is 34.4 Å². The molecule has 4 aromatic rings. The Hall–Kier alpha value is -3.44. The van der Waals surface area contributed by atoms with Crippen LogP contribution in [0, 0.1) is 0 Å². The van der Waals surface area contributed by atoms with Gasteiger partial charge >= 0.3 is 10.1 Å². The molecular weight excluding hydrogens is 448 g/mol. The number of hydrogen-bond acceptors (Lipinski definition) is 7. The molecule has 3 heterocycles. The van der Waals surface area contributed by atoms with Gasteiger partial charge in [0, 0.05) is 6.20 Å². The largest absolute Gasteiger partial charge is 0.379 e. The lowest BCUT2D eigenvalue weighted by Gasteiger charge is -2.15. The van der Waals surface area contributed by atoms with Crippen LogP contribution in [0.5, 0.6) is 5.75 Å². The zero-order valence-electron chi connectivity index (χ0n) is 16.2. The van der Waals surface area contributed by atoms with Crippen molar-refractivity contribution in [1.29, 1.82) is 0 Å². The number of aromatic amines is 2.